The number of nitrogens with one attached hydrogen (secondary N) is 1. The van der Waals surface area contributed by atoms with Gasteiger partial charge in [0.1, 0.15) is 17.8 Å². The zero-order valence-electron chi connectivity index (χ0n) is 32.5. The van der Waals surface area contributed by atoms with Crippen molar-refractivity contribution < 1.29 is 53.0 Å². The van der Waals surface area contributed by atoms with Crippen LogP contribution in [0.25, 0.3) is 0 Å². The summed E-state index contributed by atoms with van der Waals surface area (Å²) in [6.07, 6.45) is -2.45. The van der Waals surface area contributed by atoms with Crippen LogP contribution < -0.4 is 5.32 Å². The molecule has 2 saturated carbocycles. The van der Waals surface area contributed by atoms with Gasteiger partial charge in [-0.1, -0.05) is 46.8 Å². The predicted octanol–water partition coefficient (Wildman–Crippen LogP) is 4.98. The molecule has 0 aromatic rings. The summed E-state index contributed by atoms with van der Waals surface area (Å²) in [5.41, 5.74) is -3.11. The Labute approximate surface area is 303 Å². The molecule has 3 N–H and O–H groups in total. The van der Waals surface area contributed by atoms with E-state index >= 15 is 0 Å². The maximum Gasteiger partial charge on any atom is 0.407 e. The van der Waals surface area contributed by atoms with E-state index in [0.29, 0.717) is 12.8 Å². The van der Waals surface area contributed by atoms with Gasteiger partial charge >= 0.3 is 18.0 Å². The van der Waals surface area contributed by atoms with Gasteiger partial charge in [0.15, 0.2) is 18.0 Å². The summed E-state index contributed by atoms with van der Waals surface area (Å²) in [5.74, 6) is -2.33. The smallest absolute Gasteiger partial charge is 0.407 e. The summed E-state index contributed by atoms with van der Waals surface area (Å²) >= 11 is 0. The van der Waals surface area contributed by atoms with E-state index in [-0.39, 0.29) is 36.9 Å². The highest BCUT2D eigenvalue weighted by atomic mass is 16.7. The molecule has 0 bridgehead atoms. The Bertz CT molecular complexity index is 1430. The van der Waals surface area contributed by atoms with E-state index in [0.717, 1.165) is 11.1 Å². The van der Waals surface area contributed by atoms with Gasteiger partial charge in [-0.3, -0.25) is 4.79 Å². The molecule has 5 rings (SSSR count). The molecule has 0 spiro atoms. The van der Waals surface area contributed by atoms with Crippen LogP contribution in [0.5, 0.6) is 0 Å². The van der Waals surface area contributed by atoms with Gasteiger partial charge in [-0.05, 0) is 71.4 Å². The Balaban J connectivity index is 1.58. The van der Waals surface area contributed by atoms with E-state index in [2.05, 4.69) is 32.7 Å². The van der Waals surface area contributed by atoms with Crippen LogP contribution in [0.1, 0.15) is 102 Å². The Hall–Kier alpha value is -2.51. The number of carbonyl (C=O) groups excluding carboxylic acids is 3. The summed E-state index contributed by atoms with van der Waals surface area (Å²) in [7, 11) is 0. The van der Waals surface area contributed by atoms with Gasteiger partial charge in [0.25, 0.3) is 0 Å². The van der Waals surface area contributed by atoms with Gasteiger partial charge in [-0.2, -0.15) is 0 Å². The van der Waals surface area contributed by atoms with Gasteiger partial charge in [0.05, 0.1) is 30.5 Å². The van der Waals surface area contributed by atoms with Crippen molar-refractivity contribution in [3.8, 4) is 0 Å². The van der Waals surface area contributed by atoms with Crippen molar-refractivity contribution in [1.29, 1.82) is 0 Å². The number of rotatable bonds is 9. The first-order chi connectivity index (χ1) is 23.4. The van der Waals surface area contributed by atoms with E-state index in [9.17, 15) is 24.6 Å². The highest BCUT2D eigenvalue weighted by molar-refractivity contribution is 5.77. The van der Waals surface area contributed by atoms with Gasteiger partial charge in [-0.25, -0.2) is 9.59 Å². The van der Waals surface area contributed by atoms with Crippen molar-refractivity contribution in [3.05, 3.63) is 23.8 Å². The molecular formula is C39H61NO11. The second-order valence-electron chi connectivity index (χ2n) is 17.9. The maximum absolute atomic E-state index is 13.9. The van der Waals surface area contributed by atoms with Crippen LogP contribution in [0.15, 0.2) is 23.8 Å². The lowest BCUT2D eigenvalue weighted by Crippen LogP contribution is -2.78. The van der Waals surface area contributed by atoms with Gasteiger partial charge < -0.3 is 44.0 Å². The first-order valence-corrected chi connectivity index (χ1v) is 18.5. The molecule has 5 aliphatic rings. The number of alkyl carbamates (subject to hydrolysis) is 1. The molecule has 12 heteroatoms. The maximum atomic E-state index is 13.9. The van der Waals surface area contributed by atoms with Crippen molar-refractivity contribution in [2.24, 2.45) is 34.5 Å². The van der Waals surface area contributed by atoms with E-state index in [4.69, 9.17) is 28.4 Å². The summed E-state index contributed by atoms with van der Waals surface area (Å²) in [6.45, 7) is 26.4. The Morgan fingerprint density at radius 1 is 1.12 bits per heavy atom. The highest BCUT2D eigenvalue weighted by Gasteiger charge is 2.78. The summed E-state index contributed by atoms with van der Waals surface area (Å²) in [5, 5.41) is 26.5. The molecule has 0 aromatic heterocycles. The second-order valence-corrected chi connectivity index (χ2v) is 17.9. The van der Waals surface area contributed by atoms with Crippen molar-refractivity contribution in [2.75, 3.05) is 6.61 Å². The quantitative estimate of drug-likeness (QED) is 0.168. The van der Waals surface area contributed by atoms with Crippen LogP contribution in [-0.2, 0) is 38.0 Å². The number of esters is 2. The number of amides is 1. The van der Waals surface area contributed by atoms with Gasteiger partial charge in [-0.15, -0.1) is 0 Å². The molecule has 4 fully saturated rings. The topological polar surface area (TPSA) is 159 Å². The Kier molecular flexibility index (Phi) is 10.4. The number of hydrogen-bond donors (Lipinski definition) is 3. The van der Waals surface area contributed by atoms with Crippen LogP contribution in [0.3, 0.4) is 0 Å². The number of aliphatic hydroxyl groups excluding tert-OH is 1. The lowest BCUT2D eigenvalue weighted by molar-refractivity contribution is -0.387. The van der Waals surface area contributed by atoms with Crippen LogP contribution in [0.4, 0.5) is 4.79 Å². The molecule has 2 heterocycles. The van der Waals surface area contributed by atoms with E-state index in [1.54, 1.807) is 40.7 Å². The third-order valence-electron chi connectivity index (χ3n) is 12.6. The van der Waals surface area contributed by atoms with Crippen LogP contribution >= 0.6 is 0 Å². The molecule has 0 aromatic carbocycles. The molecular weight excluding hydrogens is 658 g/mol. The molecule has 1 amide bonds. The predicted molar refractivity (Wildman–Crippen MR) is 187 cm³/mol. The Morgan fingerprint density at radius 3 is 2.27 bits per heavy atom. The summed E-state index contributed by atoms with van der Waals surface area (Å²) in [6, 6.07) is -0.959. The number of hydrogen-bond acceptors (Lipinski definition) is 11. The minimum Gasteiger partial charge on any atom is -0.456 e. The van der Waals surface area contributed by atoms with E-state index < -0.39 is 88.3 Å². The summed E-state index contributed by atoms with van der Waals surface area (Å²) in [4.78, 5) is 39.4. The third-order valence-corrected chi connectivity index (χ3v) is 12.6. The molecule has 3 aliphatic carbocycles. The molecule has 288 valence electrons. The standard InChI is InChI=1S/C39H61NO11/c1-14-28-48-26-16-27-39(18-46-27,50-23(7)41)31-22(6)38(36(11,12)45)17-25(20(4)29(38)21(5)32(49-28)37(26,31)13)47-33(43)30(42)24(15-19(2)3)40-34(44)51-35(8,9)10/h14,19,21-22,24-28,30-32,42,45H,1,15-18H2,2-13H3,(H,40,44)/t21-,22-,24-,25-,26?,27+,28?,30+,31-,32-,37+,38+,39-/m0/s1. The first kappa shape index (κ1) is 39.7. The normalized spacial score (nSPS) is 40.1. The molecule has 51 heavy (non-hydrogen) atoms. The number of fused-ring (bicyclic) bond motifs is 3. The number of carbonyl (C=O) groups is 3. The fourth-order valence-corrected chi connectivity index (χ4v) is 10.9. The average Bonchev–Trinajstić information content (AvgIpc) is 3.25. The fraction of sp³-hybridized carbons (Fsp3) is 0.821. The van der Waals surface area contributed by atoms with Crippen molar-refractivity contribution in [1.82, 2.24) is 5.32 Å². The zero-order chi connectivity index (χ0) is 38.2. The van der Waals surface area contributed by atoms with Crippen LogP contribution in [-0.4, -0.2) is 94.5 Å². The largest absolute Gasteiger partial charge is 0.456 e. The summed E-state index contributed by atoms with van der Waals surface area (Å²) < 4.78 is 37.3. The monoisotopic (exact) mass is 719 g/mol. The van der Waals surface area contributed by atoms with Gasteiger partial charge in [0, 0.05) is 42.4 Å². The van der Waals surface area contributed by atoms with Crippen molar-refractivity contribution in [3.63, 3.8) is 0 Å². The SMILES string of the molecule is C=CC1OC2C[C@H]3OC[C@@]3(OC(C)=O)[C@H]3[C@H](C)[C@]4(C(C)(C)O)C[C@H](OC(=O)[C@H](O)[C@H](CC(C)C)NC(=O)OC(C)(C)C)C(C)=C4[C@H](C)[C@H](O1)[C@]23C. The molecule has 13 atom stereocenters. The van der Waals surface area contributed by atoms with Crippen LogP contribution in [0.2, 0.25) is 0 Å². The minimum absolute atomic E-state index is 0.0332. The average molecular weight is 720 g/mol. The third kappa shape index (κ3) is 6.44. The molecule has 12 nitrogen and oxygen atoms in total. The zero-order valence-corrected chi connectivity index (χ0v) is 32.5. The molecule has 2 saturated heterocycles. The number of aliphatic hydroxyl groups is 2. The van der Waals surface area contributed by atoms with E-state index in [1.165, 1.54) is 6.92 Å². The van der Waals surface area contributed by atoms with Crippen LogP contribution in [0, 0.1) is 34.5 Å². The minimum atomic E-state index is -1.68. The molecule has 2 unspecified atom stereocenters. The van der Waals surface area contributed by atoms with E-state index in [1.807, 2.05) is 20.8 Å². The second kappa shape index (κ2) is 13.4. The lowest BCUT2D eigenvalue weighted by atomic mass is 9.47. The Morgan fingerprint density at radius 2 is 1.76 bits per heavy atom. The highest BCUT2D eigenvalue weighted by Crippen LogP contribution is 2.71. The fourth-order valence-electron chi connectivity index (χ4n) is 10.9. The van der Waals surface area contributed by atoms with Crippen molar-refractivity contribution >= 4 is 18.0 Å². The number of ether oxygens (including phenoxy) is 6. The van der Waals surface area contributed by atoms with Crippen molar-refractivity contribution in [2.45, 2.75) is 162 Å². The lowest BCUT2D eigenvalue weighted by Gasteiger charge is -2.68. The molecule has 0 radical (unpaired) electrons. The molecule has 2 aliphatic heterocycles. The van der Waals surface area contributed by atoms with Gasteiger partial charge in [0.2, 0.25) is 0 Å². The first-order valence-electron chi connectivity index (χ1n) is 18.5.